The van der Waals surface area contributed by atoms with Gasteiger partial charge in [0.2, 0.25) is 11.8 Å². The molecule has 0 aliphatic heterocycles. The molecule has 190 valence electrons. The van der Waals surface area contributed by atoms with Gasteiger partial charge in [-0.3, -0.25) is 14.1 Å². The van der Waals surface area contributed by atoms with E-state index in [0.717, 1.165) is 12.0 Å². The van der Waals surface area contributed by atoms with E-state index < -0.39 is 34.5 Å². The molecule has 2 amide bonds. The smallest absolute Gasteiger partial charge is 0.426 e. The van der Waals surface area contributed by atoms with E-state index in [-0.39, 0.29) is 10.8 Å². The number of hydrogen-bond donors (Lipinski definition) is 6. The molecule has 3 rings (SSSR count). The molecule has 35 heavy (non-hydrogen) atoms. The highest BCUT2D eigenvalue weighted by Crippen LogP contribution is 2.41. The quantitative estimate of drug-likeness (QED) is 0.155. The summed E-state index contributed by atoms with van der Waals surface area (Å²) in [5.74, 6) is -1.58. The molecule has 12 heteroatoms. The minimum absolute atomic E-state index is 0.0741. The minimum atomic E-state index is -4.00. The van der Waals surface area contributed by atoms with E-state index in [1.807, 2.05) is 30.3 Å². The lowest BCUT2D eigenvalue weighted by Crippen LogP contribution is -2.59. The minimum Gasteiger partial charge on any atom is -0.426 e. The van der Waals surface area contributed by atoms with Gasteiger partial charge in [0.15, 0.2) is 0 Å². The van der Waals surface area contributed by atoms with Gasteiger partial charge in [-0.2, -0.15) is 8.42 Å². The zero-order valence-corrected chi connectivity index (χ0v) is 20.2. The topological polar surface area (TPSA) is 179 Å². The molecule has 1 saturated carbocycles. The van der Waals surface area contributed by atoms with Gasteiger partial charge in [0.25, 0.3) is 10.1 Å². The lowest BCUT2D eigenvalue weighted by Gasteiger charge is -2.39. The average Bonchev–Trinajstić information content (AvgIpc) is 2.80. The Hall–Kier alpha value is -2.77. The van der Waals surface area contributed by atoms with Crippen molar-refractivity contribution in [2.24, 2.45) is 11.1 Å². The summed E-state index contributed by atoms with van der Waals surface area (Å²) in [4.78, 5) is 25.2. The van der Waals surface area contributed by atoms with Gasteiger partial charge < -0.3 is 26.4 Å². The zero-order chi connectivity index (χ0) is 25.9. The number of amides is 2. The average molecular weight is 505 g/mol. The largest absolute Gasteiger partial charge is 0.475 e. The third-order valence-corrected chi connectivity index (χ3v) is 6.68. The van der Waals surface area contributed by atoms with Crippen LogP contribution in [0.15, 0.2) is 65.6 Å². The van der Waals surface area contributed by atoms with Crippen molar-refractivity contribution < 1.29 is 32.6 Å². The fourth-order valence-corrected chi connectivity index (χ4v) is 4.07. The summed E-state index contributed by atoms with van der Waals surface area (Å²) < 4.78 is 29.2. The highest BCUT2D eigenvalue weighted by Gasteiger charge is 2.51. The van der Waals surface area contributed by atoms with Crippen molar-refractivity contribution in [2.45, 2.75) is 49.5 Å². The van der Waals surface area contributed by atoms with Gasteiger partial charge in [-0.25, -0.2) is 0 Å². The molecule has 0 radical (unpaired) electrons. The van der Waals surface area contributed by atoms with E-state index in [2.05, 4.69) is 10.6 Å². The highest BCUT2D eigenvalue weighted by molar-refractivity contribution is 7.85. The Morgan fingerprint density at radius 1 is 1.00 bits per heavy atom. The van der Waals surface area contributed by atoms with E-state index in [0.29, 0.717) is 38.8 Å². The Balaban J connectivity index is 0.000000360. The monoisotopic (exact) mass is 505 g/mol. The number of nitrogens with one attached hydrogen (secondary N) is 2. The number of rotatable bonds is 10. The van der Waals surface area contributed by atoms with Crippen LogP contribution in [-0.4, -0.2) is 54.4 Å². The predicted molar refractivity (Wildman–Crippen MR) is 131 cm³/mol. The lowest BCUT2D eigenvalue weighted by molar-refractivity contribution is -0.150. The van der Waals surface area contributed by atoms with E-state index in [4.69, 9.17) is 10.3 Å². The second kappa shape index (κ2) is 13.4. The van der Waals surface area contributed by atoms with Crippen LogP contribution in [0.25, 0.3) is 0 Å². The molecule has 1 aliphatic rings. The van der Waals surface area contributed by atoms with Crippen molar-refractivity contribution in [2.75, 3.05) is 6.54 Å². The van der Waals surface area contributed by atoms with Crippen LogP contribution in [0.2, 0.25) is 0 Å². The molecular weight excluding hydrogens is 473 g/mol. The van der Waals surface area contributed by atoms with Crippen molar-refractivity contribution in [3.8, 4) is 0 Å². The molecule has 7 N–H and O–H groups in total. The number of hydrogen-bond acceptors (Lipinski definition) is 7. The molecule has 0 heterocycles. The molecule has 2 aromatic carbocycles. The first kappa shape index (κ1) is 28.5. The summed E-state index contributed by atoms with van der Waals surface area (Å²) in [6.07, 6.45) is 2.62. The summed E-state index contributed by atoms with van der Waals surface area (Å²) in [5.41, 5.74) is 5.27. The maximum absolute atomic E-state index is 12.7. The van der Waals surface area contributed by atoms with Crippen LogP contribution in [-0.2, 0) is 26.3 Å². The van der Waals surface area contributed by atoms with Crippen molar-refractivity contribution >= 4 is 29.1 Å². The molecule has 0 unspecified atom stereocenters. The summed E-state index contributed by atoms with van der Waals surface area (Å²) in [6.45, 7) is 0.746. The second-order valence-electron chi connectivity index (χ2n) is 8.32. The zero-order valence-electron chi connectivity index (χ0n) is 19.3. The maximum Gasteiger partial charge on any atom is 0.475 e. The summed E-state index contributed by atoms with van der Waals surface area (Å²) in [6, 6.07) is 16.9. The van der Waals surface area contributed by atoms with E-state index in [1.165, 1.54) is 12.1 Å². The first-order valence-corrected chi connectivity index (χ1v) is 12.8. The molecule has 1 aliphatic carbocycles. The van der Waals surface area contributed by atoms with E-state index in [9.17, 15) is 28.1 Å². The number of carbonyl (C=O) groups is 2. The fourth-order valence-electron chi connectivity index (χ4n) is 3.57. The lowest BCUT2D eigenvalue weighted by atomic mass is 9.66. The Morgan fingerprint density at radius 2 is 1.57 bits per heavy atom. The van der Waals surface area contributed by atoms with Crippen LogP contribution >= 0.6 is 0 Å². The van der Waals surface area contributed by atoms with Gasteiger partial charge in [-0.1, -0.05) is 55.0 Å². The maximum atomic E-state index is 12.7. The molecule has 10 nitrogen and oxygen atoms in total. The number of nitrogens with two attached hydrogens (primary N) is 1. The molecule has 0 aromatic heterocycles. The third-order valence-electron chi connectivity index (χ3n) is 5.81. The van der Waals surface area contributed by atoms with E-state index >= 15 is 0 Å². The second-order valence-corrected chi connectivity index (χ2v) is 9.74. The molecule has 0 saturated heterocycles. The Morgan fingerprint density at radius 3 is 2.00 bits per heavy atom. The number of benzene rings is 2. The normalized spacial score (nSPS) is 15.0. The van der Waals surface area contributed by atoms with Crippen molar-refractivity contribution in [1.82, 2.24) is 10.6 Å². The summed E-state index contributed by atoms with van der Waals surface area (Å²) >= 11 is 0. The van der Waals surface area contributed by atoms with Gasteiger partial charge in [-0.05, 0) is 49.9 Å². The summed E-state index contributed by atoms with van der Waals surface area (Å²) in [7, 11) is -5.68. The van der Waals surface area contributed by atoms with Crippen LogP contribution in [0.4, 0.5) is 0 Å². The SMILES string of the molecule is NCCC[C@H](NC(=O)C1(C(=O)NCc2ccccc2)CCC1)B(O)O.O=S(=O)(O)c1ccccc1. The highest BCUT2D eigenvalue weighted by atomic mass is 32.2. The third kappa shape index (κ3) is 8.44. The Kier molecular flexibility index (Phi) is 10.9. The predicted octanol–water partition coefficient (Wildman–Crippen LogP) is 0.642. The van der Waals surface area contributed by atoms with Crippen molar-refractivity contribution in [1.29, 1.82) is 0 Å². The van der Waals surface area contributed by atoms with E-state index in [1.54, 1.807) is 18.2 Å². The van der Waals surface area contributed by atoms with Crippen LogP contribution in [0.5, 0.6) is 0 Å². The van der Waals surface area contributed by atoms with Crippen molar-refractivity contribution in [3.05, 3.63) is 66.2 Å². The summed E-state index contributed by atoms with van der Waals surface area (Å²) in [5, 5.41) is 24.3. The van der Waals surface area contributed by atoms with Crippen LogP contribution in [0.1, 0.15) is 37.7 Å². The van der Waals surface area contributed by atoms with Crippen LogP contribution in [0.3, 0.4) is 0 Å². The Labute approximate surface area is 205 Å². The molecule has 0 spiro atoms. The first-order chi connectivity index (χ1) is 16.6. The molecule has 2 aromatic rings. The molecule has 1 atom stereocenters. The molecule has 1 fully saturated rings. The van der Waals surface area contributed by atoms with Crippen LogP contribution in [0, 0.1) is 5.41 Å². The van der Waals surface area contributed by atoms with Gasteiger partial charge in [0.05, 0.1) is 10.8 Å². The van der Waals surface area contributed by atoms with Crippen molar-refractivity contribution in [3.63, 3.8) is 0 Å². The van der Waals surface area contributed by atoms with Gasteiger partial charge in [0, 0.05) is 6.54 Å². The van der Waals surface area contributed by atoms with Gasteiger partial charge in [-0.15, -0.1) is 0 Å². The Bertz CT molecular complexity index is 1050. The van der Waals surface area contributed by atoms with Crippen LogP contribution < -0.4 is 16.4 Å². The molecule has 0 bridgehead atoms. The standard InChI is InChI=1S/C17H26BN3O4.C6H6O3S/c19-11-4-8-14(18(24)25)21-16(23)17(9-5-10-17)15(22)20-12-13-6-2-1-3-7-13;7-10(8,9)6-4-2-1-3-5-6/h1-3,6-7,14,24-25H,4-5,8-12,19H2,(H,20,22)(H,21,23);1-5H,(H,7,8,9)/t14-;/m0./s1. The van der Waals surface area contributed by atoms with Gasteiger partial charge in [0.1, 0.15) is 5.41 Å². The first-order valence-electron chi connectivity index (χ1n) is 11.3. The van der Waals surface area contributed by atoms with Gasteiger partial charge >= 0.3 is 7.12 Å². The number of carbonyl (C=O) groups excluding carboxylic acids is 2. The molecular formula is C23H32BN3O7S. The fraction of sp³-hybridized carbons (Fsp3) is 0.391.